The van der Waals surface area contributed by atoms with Gasteiger partial charge in [-0.25, -0.2) is 9.37 Å². The van der Waals surface area contributed by atoms with Gasteiger partial charge in [0.25, 0.3) is 5.91 Å². The van der Waals surface area contributed by atoms with Crippen LogP contribution in [0.25, 0.3) is 11.4 Å². The van der Waals surface area contributed by atoms with Gasteiger partial charge in [-0.1, -0.05) is 24.3 Å². The molecule has 2 aromatic carbocycles. The lowest BCUT2D eigenvalue weighted by molar-refractivity contribution is 0.0628. The van der Waals surface area contributed by atoms with Gasteiger partial charge in [0.2, 0.25) is 0 Å². The van der Waals surface area contributed by atoms with Gasteiger partial charge in [0.1, 0.15) is 12.1 Å². The van der Waals surface area contributed by atoms with Crippen molar-refractivity contribution in [2.75, 3.05) is 26.2 Å². The van der Waals surface area contributed by atoms with Gasteiger partial charge in [-0.05, 0) is 29.8 Å². The van der Waals surface area contributed by atoms with E-state index in [9.17, 15) is 9.18 Å². The third kappa shape index (κ3) is 4.03. The molecule has 1 saturated heterocycles. The molecule has 1 aromatic heterocycles. The summed E-state index contributed by atoms with van der Waals surface area (Å²) in [6, 6.07) is 14.0. The molecule has 1 fully saturated rings. The second-order valence-electron chi connectivity index (χ2n) is 6.61. The lowest BCUT2D eigenvalue weighted by Crippen LogP contribution is -2.48. The zero-order valence-corrected chi connectivity index (χ0v) is 14.8. The summed E-state index contributed by atoms with van der Waals surface area (Å²) in [4.78, 5) is 20.9. The highest BCUT2D eigenvalue weighted by Crippen LogP contribution is 2.17. The van der Waals surface area contributed by atoms with Gasteiger partial charge in [0.15, 0.2) is 5.82 Å². The van der Waals surface area contributed by atoms with E-state index in [0.29, 0.717) is 31.0 Å². The molecule has 6 nitrogen and oxygen atoms in total. The van der Waals surface area contributed by atoms with Crippen molar-refractivity contribution in [2.45, 2.75) is 6.54 Å². The first-order chi connectivity index (χ1) is 13.2. The first kappa shape index (κ1) is 17.4. The minimum atomic E-state index is -0.213. The number of carbonyl (C=O) groups excluding carboxylic acids is 1. The van der Waals surface area contributed by atoms with E-state index in [-0.39, 0.29) is 11.7 Å². The van der Waals surface area contributed by atoms with Crippen LogP contribution in [0.5, 0.6) is 0 Å². The van der Waals surface area contributed by atoms with Crippen molar-refractivity contribution >= 4 is 5.91 Å². The monoisotopic (exact) mass is 365 g/mol. The summed E-state index contributed by atoms with van der Waals surface area (Å²) in [6.45, 7) is 3.58. The smallest absolute Gasteiger partial charge is 0.253 e. The number of H-pyrrole nitrogens is 1. The number of aromatic nitrogens is 3. The second-order valence-corrected chi connectivity index (χ2v) is 6.61. The molecule has 0 radical (unpaired) electrons. The summed E-state index contributed by atoms with van der Waals surface area (Å²) in [5, 5.41) is 6.64. The highest BCUT2D eigenvalue weighted by Gasteiger charge is 2.22. The molecular formula is C20H20FN5O. The van der Waals surface area contributed by atoms with Crippen molar-refractivity contribution in [3.05, 3.63) is 71.8 Å². The van der Waals surface area contributed by atoms with Gasteiger partial charge < -0.3 is 4.90 Å². The fourth-order valence-electron chi connectivity index (χ4n) is 3.30. The highest BCUT2D eigenvalue weighted by atomic mass is 19.1. The van der Waals surface area contributed by atoms with Crippen LogP contribution < -0.4 is 0 Å². The third-order valence-electron chi connectivity index (χ3n) is 4.78. The normalized spacial score (nSPS) is 15.1. The van der Waals surface area contributed by atoms with E-state index in [2.05, 4.69) is 20.1 Å². The molecule has 1 aliphatic heterocycles. The molecule has 1 N–H and O–H groups in total. The largest absolute Gasteiger partial charge is 0.336 e. The first-order valence-electron chi connectivity index (χ1n) is 8.91. The van der Waals surface area contributed by atoms with E-state index in [1.807, 2.05) is 35.2 Å². The molecule has 0 aliphatic carbocycles. The number of halogens is 1. The maximum absolute atomic E-state index is 13.3. The lowest BCUT2D eigenvalue weighted by Gasteiger charge is -2.34. The number of rotatable bonds is 4. The Hall–Kier alpha value is -3.06. The summed E-state index contributed by atoms with van der Waals surface area (Å²) >= 11 is 0. The van der Waals surface area contributed by atoms with Crippen LogP contribution in [0.4, 0.5) is 4.39 Å². The third-order valence-corrected chi connectivity index (χ3v) is 4.78. The van der Waals surface area contributed by atoms with E-state index in [1.54, 1.807) is 12.1 Å². The van der Waals surface area contributed by atoms with Crippen molar-refractivity contribution in [3.8, 4) is 11.4 Å². The molecule has 0 saturated carbocycles. The number of aromatic amines is 1. The number of piperazine rings is 1. The zero-order chi connectivity index (χ0) is 18.6. The van der Waals surface area contributed by atoms with Gasteiger partial charge in [0.05, 0.1) is 0 Å². The summed E-state index contributed by atoms with van der Waals surface area (Å²) in [6.07, 6.45) is 1.46. The predicted molar refractivity (Wildman–Crippen MR) is 99.4 cm³/mol. The van der Waals surface area contributed by atoms with Crippen molar-refractivity contribution < 1.29 is 9.18 Å². The van der Waals surface area contributed by atoms with E-state index in [0.717, 1.165) is 24.2 Å². The molecular weight excluding hydrogens is 345 g/mol. The molecule has 0 spiro atoms. The highest BCUT2D eigenvalue weighted by molar-refractivity contribution is 5.94. The van der Waals surface area contributed by atoms with Gasteiger partial charge >= 0.3 is 0 Å². The molecule has 1 aliphatic rings. The van der Waals surface area contributed by atoms with Gasteiger partial charge in [0, 0.05) is 43.9 Å². The maximum Gasteiger partial charge on any atom is 0.253 e. The fourth-order valence-corrected chi connectivity index (χ4v) is 3.30. The second kappa shape index (κ2) is 7.67. The summed E-state index contributed by atoms with van der Waals surface area (Å²) < 4.78 is 13.3. The van der Waals surface area contributed by atoms with Gasteiger partial charge in [-0.15, -0.1) is 0 Å². The van der Waals surface area contributed by atoms with Crippen molar-refractivity contribution in [1.29, 1.82) is 0 Å². The molecule has 3 aromatic rings. The quantitative estimate of drug-likeness (QED) is 0.772. The first-order valence-corrected chi connectivity index (χ1v) is 8.91. The topological polar surface area (TPSA) is 65.1 Å². The average Bonchev–Trinajstić information content (AvgIpc) is 3.23. The Labute approximate surface area is 156 Å². The number of nitrogens with zero attached hydrogens (tertiary/aromatic N) is 4. The Bertz CT molecular complexity index is 902. The minimum Gasteiger partial charge on any atom is -0.336 e. The van der Waals surface area contributed by atoms with E-state index in [4.69, 9.17) is 0 Å². The summed E-state index contributed by atoms with van der Waals surface area (Å²) in [5.74, 6) is 0.500. The Morgan fingerprint density at radius 3 is 2.52 bits per heavy atom. The Kier molecular flexibility index (Phi) is 4.93. The molecule has 7 heteroatoms. The Balaban J connectivity index is 1.34. The average molecular weight is 365 g/mol. The lowest BCUT2D eigenvalue weighted by atomic mass is 10.1. The Morgan fingerprint density at radius 1 is 1.07 bits per heavy atom. The molecule has 138 valence electrons. The number of hydrogen-bond donors (Lipinski definition) is 1. The summed E-state index contributed by atoms with van der Waals surface area (Å²) in [5.41, 5.74) is 2.51. The molecule has 2 heterocycles. The van der Waals surface area contributed by atoms with E-state index >= 15 is 0 Å². The maximum atomic E-state index is 13.3. The van der Waals surface area contributed by atoms with Crippen LogP contribution >= 0.6 is 0 Å². The van der Waals surface area contributed by atoms with Crippen LogP contribution in [0.2, 0.25) is 0 Å². The zero-order valence-electron chi connectivity index (χ0n) is 14.8. The molecule has 0 atom stereocenters. The van der Waals surface area contributed by atoms with Crippen LogP contribution in [-0.2, 0) is 6.54 Å². The molecule has 27 heavy (non-hydrogen) atoms. The van der Waals surface area contributed by atoms with E-state index in [1.165, 1.54) is 12.4 Å². The van der Waals surface area contributed by atoms with Crippen LogP contribution in [0, 0.1) is 5.82 Å². The molecule has 0 unspecified atom stereocenters. The van der Waals surface area contributed by atoms with Crippen LogP contribution in [0.15, 0.2) is 54.9 Å². The predicted octanol–water partition coefficient (Wildman–Crippen LogP) is 2.57. The number of benzene rings is 2. The van der Waals surface area contributed by atoms with Crippen molar-refractivity contribution in [1.82, 2.24) is 25.0 Å². The van der Waals surface area contributed by atoms with Crippen LogP contribution in [-0.4, -0.2) is 57.1 Å². The van der Waals surface area contributed by atoms with Crippen LogP contribution in [0.3, 0.4) is 0 Å². The number of carbonyl (C=O) groups is 1. The van der Waals surface area contributed by atoms with Gasteiger partial charge in [-0.2, -0.15) is 5.10 Å². The standard InChI is InChI=1S/C20H20FN5O/c21-18-3-1-2-15(12-18)13-25-8-10-26(11-9-25)20(27)17-6-4-16(5-7-17)19-22-14-23-24-19/h1-7,12,14H,8-11,13H2,(H,22,23,24). The van der Waals surface area contributed by atoms with Crippen molar-refractivity contribution in [2.24, 2.45) is 0 Å². The molecule has 4 rings (SSSR count). The number of nitrogens with one attached hydrogen (secondary N) is 1. The molecule has 1 amide bonds. The minimum absolute atomic E-state index is 0.0320. The number of hydrogen-bond acceptors (Lipinski definition) is 4. The summed E-state index contributed by atoms with van der Waals surface area (Å²) in [7, 11) is 0. The van der Waals surface area contributed by atoms with Gasteiger partial charge in [-0.3, -0.25) is 14.8 Å². The van der Waals surface area contributed by atoms with Crippen molar-refractivity contribution in [3.63, 3.8) is 0 Å². The fraction of sp³-hybridized carbons (Fsp3) is 0.250. The number of amides is 1. The Morgan fingerprint density at radius 2 is 1.85 bits per heavy atom. The van der Waals surface area contributed by atoms with Crippen LogP contribution in [0.1, 0.15) is 15.9 Å². The SMILES string of the molecule is O=C(c1ccc(-c2ncn[nH]2)cc1)N1CCN(Cc2cccc(F)c2)CC1. The van der Waals surface area contributed by atoms with E-state index < -0.39 is 0 Å². The molecule has 0 bridgehead atoms.